The Morgan fingerprint density at radius 1 is 1.18 bits per heavy atom. The summed E-state index contributed by atoms with van der Waals surface area (Å²) in [6.07, 6.45) is -1.04. The van der Waals surface area contributed by atoms with Crippen molar-refractivity contribution < 1.29 is 24.2 Å². The van der Waals surface area contributed by atoms with Crippen LogP contribution in [0.5, 0.6) is 5.75 Å². The second-order valence-electron chi connectivity index (χ2n) is 6.34. The zero-order valence-electron chi connectivity index (χ0n) is 15.4. The highest BCUT2D eigenvalue weighted by Gasteiger charge is 2.21. The number of rotatable bonds is 5. The van der Waals surface area contributed by atoms with Crippen LogP contribution in [0, 0.1) is 0 Å². The maximum Gasteiger partial charge on any atom is 0.342 e. The fourth-order valence-electron chi connectivity index (χ4n) is 2.78. The van der Waals surface area contributed by atoms with E-state index in [4.69, 9.17) is 21.1 Å². The van der Waals surface area contributed by atoms with Gasteiger partial charge in [0.25, 0.3) is 5.91 Å². The van der Waals surface area contributed by atoms with Crippen LogP contribution in [-0.2, 0) is 14.3 Å². The van der Waals surface area contributed by atoms with Gasteiger partial charge in [-0.1, -0.05) is 11.6 Å². The van der Waals surface area contributed by atoms with Gasteiger partial charge in [-0.05, 0) is 49.4 Å². The minimum absolute atomic E-state index is 0.0566. The number of nitrogens with one attached hydrogen (secondary N) is 1. The van der Waals surface area contributed by atoms with Gasteiger partial charge < -0.3 is 24.8 Å². The molecule has 0 spiro atoms. The molecule has 0 unspecified atom stereocenters. The van der Waals surface area contributed by atoms with Crippen molar-refractivity contribution >= 4 is 34.9 Å². The highest BCUT2D eigenvalue weighted by Crippen LogP contribution is 2.23. The molecular formula is C20H21ClN2O5. The Kier molecular flexibility index (Phi) is 6.38. The van der Waals surface area contributed by atoms with Crippen LogP contribution in [-0.4, -0.2) is 49.4 Å². The summed E-state index contributed by atoms with van der Waals surface area (Å²) in [5.41, 5.74) is 1.59. The molecule has 0 radical (unpaired) electrons. The van der Waals surface area contributed by atoms with Crippen LogP contribution in [0.1, 0.15) is 17.3 Å². The fourth-order valence-corrected chi connectivity index (χ4v) is 2.94. The van der Waals surface area contributed by atoms with Crippen LogP contribution < -0.4 is 10.2 Å². The number of benzene rings is 2. The van der Waals surface area contributed by atoms with Gasteiger partial charge in [0.2, 0.25) is 0 Å². The molecule has 7 nitrogen and oxygen atoms in total. The number of carbonyl (C=O) groups is 2. The van der Waals surface area contributed by atoms with E-state index in [-0.39, 0.29) is 11.3 Å². The summed E-state index contributed by atoms with van der Waals surface area (Å²) in [7, 11) is 0. The molecule has 1 heterocycles. The normalized spacial score (nSPS) is 15.0. The molecule has 0 aromatic heterocycles. The Morgan fingerprint density at radius 3 is 2.50 bits per heavy atom. The largest absolute Gasteiger partial charge is 0.507 e. The maximum absolute atomic E-state index is 12.3. The first kappa shape index (κ1) is 20.0. The minimum Gasteiger partial charge on any atom is -0.507 e. The number of hydrogen-bond acceptors (Lipinski definition) is 6. The molecule has 2 N–H and O–H groups in total. The van der Waals surface area contributed by atoms with Gasteiger partial charge in [0.15, 0.2) is 6.10 Å². The Balaban J connectivity index is 1.56. The number of halogens is 1. The number of hydrogen-bond donors (Lipinski definition) is 2. The van der Waals surface area contributed by atoms with Crippen LogP contribution in [0.2, 0.25) is 5.02 Å². The van der Waals surface area contributed by atoms with Crippen LogP contribution >= 0.6 is 11.6 Å². The third-order valence-electron chi connectivity index (χ3n) is 4.34. The number of amides is 1. The molecule has 0 aliphatic carbocycles. The molecule has 0 bridgehead atoms. The second-order valence-corrected chi connectivity index (χ2v) is 6.78. The number of nitrogens with zero attached hydrogens (tertiary/aromatic N) is 1. The van der Waals surface area contributed by atoms with E-state index < -0.39 is 18.0 Å². The van der Waals surface area contributed by atoms with Crippen LogP contribution in [0.25, 0.3) is 0 Å². The van der Waals surface area contributed by atoms with E-state index in [9.17, 15) is 14.7 Å². The molecule has 2 aromatic rings. The van der Waals surface area contributed by atoms with E-state index in [2.05, 4.69) is 10.2 Å². The van der Waals surface area contributed by atoms with Crippen molar-refractivity contribution in [1.82, 2.24) is 0 Å². The molecule has 8 heteroatoms. The molecule has 1 atom stereocenters. The second kappa shape index (κ2) is 8.95. The van der Waals surface area contributed by atoms with E-state index in [1.54, 1.807) is 12.1 Å². The summed E-state index contributed by atoms with van der Waals surface area (Å²) in [5.74, 6) is -1.58. The molecule has 1 saturated heterocycles. The molecule has 1 aliphatic heterocycles. The average molecular weight is 405 g/mol. The molecule has 3 rings (SSSR count). The van der Waals surface area contributed by atoms with Crippen molar-refractivity contribution in [3.8, 4) is 5.75 Å². The Morgan fingerprint density at radius 2 is 1.86 bits per heavy atom. The van der Waals surface area contributed by atoms with E-state index in [0.29, 0.717) is 23.9 Å². The molecule has 0 saturated carbocycles. The quantitative estimate of drug-likeness (QED) is 0.744. The number of phenols is 1. The number of carbonyl (C=O) groups excluding carboxylic acids is 2. The molecule has 148 valence electrons. The number of anilines is 2. The van der Waals surface area contributed by atoms with Gasteiger partial charge in [-0.2, -0.15) is 0 Å². The number of esters is 1. The summed E-state index contributed by atoms with van der Waals surface area (Å²) in [6, 6.07) is 11.5. The Labute approximate surface area is 167 Å². The highest BCUT2D eigenvalue weighted by molar-refractivity contribution is 6.30. The van der Waals surface area contributed by atoms with Gasteiger partial charge >= 0.3 is 5.97 Å². The molecule has 1 fully saturated rings. The molecule has 1 aliphatic rings. The Bertz CT molecular complexity index is 850. The van der Waals surface area contributed by atoms with Gasteiger partial charge in [0.1, 0.15) is 11.3 Å². The number of phenolic OH excluding ortho intramolecular Hbond substituents is 1. The summed E-state index contributed by atoms with van der Waals surface area (Å²) in [6.45, 7) is 4.52. The maximum atomic E-state index is 12.3. The van der Waals surface area contributed by atoms with Crippen LogP contribution in [0.3, 0.4) is 0 Å². The van der Waals surface area contributed by atoms with Crippen LogP contribution in [0.4, 0.5) is 11.4 Å². The number of aromatic hydroxyl groups is 1. The number of ether oxygens (including phenoxy) is 2. The third kappa shape index (κ3) is 4.94. The van der Waals surface area contributed by atoms with Gasteiger partial charge in [-0.15, -0.1) is 0 Å². The minimum atomic E-state index is -1.04. The zero-order chi connectivity index (χ0) is 20.1. The summed E-state index contributed by atoms with van der Waals surface area (Å²) in [4.78, 5) is 26.7. The first-order valence-electron chi connectivity index (χ1n) is 8.87. The number of morpholine rings is 1. The van der Waals surface area contributed by atoms with Crippen LogP contribution in [0.15, 0.2) is 42.5 Å². The Hall–Kier alpha value is -2.77. The smallest absolute Gasteiger partial charge is 0.342 e. The predicted molar refractivity (Wildman–Crippen MR) is 106 cm³/mol. The van der Waals surface area contributed by atoms with Crippen molar-refractivity contribution in [2.75, 3.05) is 36.5 Å². The van der Waals surface area contributed by atoms with Crippen molar-refractivity contribution in [2.45, 2.75) is 13.0 Å². The topological polar surface area (TPSA) is 88.1 Å². The molecule has 2 aromatic carbocycles. The van der Waals surface area contributed by atoms with E-state index >= 15 is 0 Å². The van der Waals surface area contributed by atoms with Gasteiger partial charge in [0.05, 0.1) is 13.2 Å². The van der Waals surface area contributed by atoms with E-state index in [1.807, 2.05) is 12.1 Å². The molecule has 28 heavy (non-hydrogen) atoms. The van der Waals surface area contributed by atoms with Crippen molar-refractivity contribution in [1.29, 1.82) is 0 Å². The van der Waals surface area contributed by atoms with Gasteiger partial charge in [-0.3, -0.25) is 4.79 Å². The SMILES string of the molecule is C[C@H](OC(=O)c1ccc(Cl)cc1O)C(=O)Nc1ccc(N2CCOCC2)cc1. The molecule has 1 amide bonds. The van der Waals surface area contributed by atoms with Gasteiger partial charge in [-0.25, -0.2) is 4.79 Å². The van der Waals surface area contributed by atoms with Crippen molar-refractivity contribution in [3.05, 3.63) is 53.1 Å². The van der Waals surface area contributed by atoms with Crippen molar-refractivity contribution in [3.63, 3.8) is 0 Å². The van der Waals surface area contributed by atoms with Gasteiger partial charge in [0, 0.05) is 29.5 Å². The third-order valence-corrected chi connectivity index (χ3v) is 4.58. The molecular weight excluding hydrogens is 384 g/mol. The average Bonchev–Trinajstić information content (AvgIpc) is 2.69. The highest BCUT2D eigenvalue weighted by atomic mass is 35.5. The van der Waals surface area contributed by atoms with Crippen molar-refractivity contribution in [2.24, 2.45) is 0 Å². The lowest BCUT2D eigenvalue weighted by atomic mass is 10.2. The monoisotopic (exact) mass is 404 g/mol. The lowest BCUT2D eigenvalue weighted by molar-refractivity contribution is -0.123. The standard InChI is InChI=1S/C20H21ClN2O5/c1-13(28-20(26)17-7-2-14(21)12-18(17)24)19(25)22-15-3-5-16(6-4-15)23-8-10-27-11-9-23/h2-7,12-13,24H,8-11H2,1H3,(H,22,25)/t13-/m0/s1. The van der Waals surface area contributed by atoms with E-state index in [1.165, 1.54) is 25.1 Å². The van der Waals surface area contributed by atoms with E-state index in [0.717, 1.165) is 18.8 Å². The lowest BCUT2D eigenvalue weighted by Crippen LogP contribution is -2.36. The zero-order valence-corrected chi connectivity index (χ0v) is 16.1. The fraction of sp³-hybridized carbons (Fsp3) is 0.300. The first-order chi connectivity index (χ1) is 13.4. The first-order valence-corrected chi connectivity index (χ1v) is 9.25. The predicted octanol–water partition coefficient (Wildman–Crippen LogP) is 3.07. The summed E-state index contributed by atoms with van der Waals surface area (Å²) in [5, 5.41) is 12.8. The summed E-state index contributed by atoms with van der Waals surface area (Å²) < 4.78 is 10.5. The lowest BCUT2D eigenvalue weighted by Gasteiger charge is -2.28. The summed E-state index contributed by atoms with van der Waals surface area (Å²) >= 11 is 5.74.